The number of rotatable bonds is 2. The van der Waals surface area contributed by atoms with Crippen LogP contribution in [0.3, 0.4) is 0 Å². The Morgan fingerprint density at radius 3 is 1.03 bits per heavy atom. The third kappa shape index (κ3) is 4.68. The SMILES string of the molecule is CC1(C)c2ccccc2N(c2cccc3c2oc2ccccc23)c2ccc3c(oc4c3ccc3c4ccc4c5ccc6c(c5oc43)C(C)(C)c3ccccc3N6c3cccc4c3oc3ccccc34)c21. The molecular weight excluding hydrogens is 861 g/mol. The molecule has 0 saturated heterocycles. The Hall–Kier alpha value is -8.74. The standard InChI is InChI=1S/C64H42N2O4/c1-63(2)45-19-7-9-21-47(45)65(51-23-13-17-37-35-15-5-11-25-53(35)67-59(37)51)49-33-31-43-41-29-27-40-39(57(41)69-61(43)55(49)63)28-30-42-44-32-34-50-56(62(44)70-58(40)42)64(3,4)46-20-8-10-22-48(46)66(50)52-24-14-18-38-36-16-6-12-26-54(36)68-60(38)52/h5-34H,1-4H3. The monoisotopic (exact) mass is 902 g/mol. The number of furan rings is 4. The second kappa shape index (κ2) is 13.1. The minimum Gasteiger partial charge on any atom is -0.455 e. The van der Waals surface area contributed by atoms with Crippen LogP contribution in [-0.2, 0) is 10.8 Å². The first kappa shape index (κ1) is 38.3. The van der Waals surface area contributed by atoms with Gasteiger partial charge in [0, 0.05) is 75.8 Å². The van der Waals surface area contributed by atoms with Crippen LogP contribution in [0.4, 0.5) is 34.1 Å². The highest BCUT2D eigenvalue weighted by Gasteiger charge is 2.42. The van der Waals surface area contributed by atoms with Gasteiger partial charge in [0.05, 0.1) is 34.1 Å². The predicted octanol–water partition coefficient (Wildman–Crippen LogP) is 18.7. The summed E-state index contributed by atoms with van der Waals surface area (Å²) < 4.78 is 28.0. The van der Waals surface area contributed by atoms with Crippen molar-refractivity contribution in [2.45, 2.75) is 38.5 Å². The van der Waals surface area contributed by atoms with Gasteiger partial charge in [0.25, 0.3) is 0 Å². The third-order valence-corrected chi connectivity index (χ3v) is 16.0. The van der Waals surface area contributed by atoms with Crippen molar-refractivity contribution in [1.29, 1.82) is 0 Å². The zero-order chi connectivity index (χ0) is 46.4. The van der Waals surface area contributed by atoms with E-state index in [0.29, 0.717) is 0 Å². The first-order valence-electron chi connectivity index (χ1n) is 24.2. The molecule has 0 amide bonds. The minimum absolute atomic E-state index is 0.395. The molecule has 0 N–H and O–H groups in total. The molecular formula is C64H42N2O4. The predicted molar refractivity (Wildman–Crippen MR) is 287 cm³/mol. The second-order valence-electron chi connectivity index (χ2n) is 20.3. The molecule has 6 heteroatoms. The highest BCUT2D eigenvalue weighted by atomic mass is 16.3. The van der Waals surface area contributed by atoms with Gasteiger partial charge in [-0.1, -0.05) is 125 Å². The molecule has 0 unspecified atom stereocenters. The number of hydrogen-bond donors (Lipinski definition) is 0. The van der Waals surface area contributed by atoms with Crippen LogP contribution in [0.25, 0.3) is 98.5 Å². The van der Waals surface area contributed by atoms with Crippen molar-refractivity contribution in [3.63, 3.8) is 0 Å². The summed E-state index contributed by atoms with van der Waals surface area (Å²) in [5.41, 5.74) is 17.3. The summed E-state index contributed by atoms with van der Waals surface area (Å²) in [4.78, 5) is 4.75. The summed E-state index contributed by atoms with van der Waals surface area (Å²) in [6.07, 6.45) is 0. The summed E-state index contributed by atoms with van der Waals surface area (Å²) in [6, 6.07) is 65.0. The van der Waals surface area contributed by atoms with Gasteiger partial charge < -0.3 is 27.5 Å². The van der Waals surface area contributed by atoms with E-state index in [1.165, 1.54) is 11.1 Å². The Kier molecular flexibility index (Phi) is 7.14. The molecule has 0 spiro atoms. The van der Waals surface area contributed by atoms with Gasteiger partial charge in [-0.05, 0) is 96.1 Å². The van der Waals surface area contributed by atoms with E-state index in [1.54, 1.807) is 0 Å². The lowest BCUT2D eigenvalue weighted by atomic mass is 9.73. The zero-order valence-electron chi connectivity index (χ0n) is 38.8. The van der Waals surface area contributed by atoms with E-state index in [1.807, 2.05) is 12.1 Å². The molecule has 2 aliphatic rings. The molecule has 6 nitrogen and oxygen atoms in total. The van der Waals surface area contributed by atoms with Gasteiger partial charge in [-0.3, -0.25) is 0 Å². The van der Waals surface area contributed by atoms with E-state index in [0.717, 1.165) is 144 Å². The maximum atomic E-state index is 7.33. The average molecular weight is 903 g/mol. The first-order valence-corrected chi connectivity index (χ1v) is 24.2. The zero-order valence-corrected chi connectivity index (χ0v) is 38.8. The largest absolute Gasteiger partial charge is 0.455 e. The molecule has 0 saturated carbocycles. The van der Waals surface area contributed by atoms with Gasteiger partial charge in [-0.15, -0.1) is 0 Å². The van der Waals surface area contributed by atoms with Crippen LogP contribution in [0.2, 0.25) is 0 Å². The van der Waals surface area contributed by atoms with E-state index >= 15 is 0 Å². The van der Waals surface area contributed by atoms with Crippen LogP contribution >= 0.6 is 0 Å². The maximum Gasteiger partial charge on any atom is 0.159 e. The number of anilines is 6. The Morgan fingerprint density at radius 1 is 0.257 bits per heavy atom. The van der Waals surface area contributed by atoms with Crippen molar-refractivity contribution in [3.8, 4) is 0 Å². The highest BCUT2D eigenvalue weighted by molar-refractivity contribution is 6.24. The Morgan fingerprint density at radius 2 is 0.586 bits per heavy atom. The quantitative estimate of drug-likeness (QED) is 0.172. The number of para-hydroxylation sites is 6. The summed E-state index contributed by atoms with van der Waals surface area (Å²) in [5.74, 6) is 0. The second-order valence-corrected chi connectivity index (χ2v) is 20.3. The van der Waals surface area contributed by atoms with Gasteiger partial charge in [-0.25, -0.2) is 0 Å². The molecule has 0 aliphatic carbocycles. The van der Waals surface area contributed by atoms with Gasteiger partial charge in [-0.2, -0.15) is 0 Å². The van der Waals surface area contributed by atoms with Crippen molar-refractivity contribution in [2.75, 3.05) is 9.80 Å². The Balaban J connectivity index is 0.920. The fourth-order valence-corrected chi connectivity index (χ4v) is 12.8. The molecule has 0 radical (unpaired) electrons. The third-order valence-electron chi connectivity index (χ3n) is 16.0. The van der Waals surface area contributed by atoms with Crippen molar-refractivity contribution < 1.29 is 17.7 Å². The van der Waals surface area contributed by atoms with Gasteiger partial charge in [0.15, 0.2) is 11.2 Å². The highest BCUT2D eigenvalue weighted by Crippen LogP contribution is 2.59. The van der Waals surface area contributed by atoms with Crippen LogP contribution in [-0.4, -0.2) is 0 Å². The van der Waals surface area contributed by atoms with E-state index in [9.17, 15) is 0 Å². The van der Waals surface area contributed by atoms with E-state index in [-0.39, 0.29) is 0 Å². The van der Waals surface area contributed by atoms with Gasteiger partial charge in [0.2, 0.25) is 0 Å². The topological polar surface area (TPSA) is 59.0 Å². The van der Waals surface area contributed by atoms with Crippen molar-refractivity contribution in [2.24, 2.45) is 0 Å². The summed E-state index contributed by atoms with van der Waals surface area (Å²) in [6.45, 7) is 9.30. The Labute approximate surface area is 401 Å². The average Bonchev–Trinajstić information content (AvgIpc) is 4.17. The minimum atomic E-state index is -0.395. The summed E-state index contributed by atoms with van der Waals surface area (Å²) in [7, 11) is 0. The van der Waals surface area contributed by atoms with E-state index in [4.69, 9.17) is 17.7 Å². The molecule has 14 aromatic rings. The molecule has 0 fully saturated rings. The van der Waals surface area contributed by atoms with Gasteiger partial charge >= 0.3 is 0 Å². The molecule has 6 heterocycles. The van der Waals surface area contributed by atoms with Crippen LogP contribution in [0.1, 0.15) is 49.9 Å². The smallest absolute Gasteiger partial charge is 0.159 e. The molecule has 2 aliphatic heterocycles. The van der Waals surface area contributed by atoms with Crippen molar-refractivity contribution >= 4 is 133 Å². The van der Waals surface area contributed by atoms with Crippen LogP contribution in [0.15, 0.2) is 200 Å². The lowest BCUT2D eigenvalue weighted by Gasteiger charge is -2.41. The van der Waals surface area contributed by atoms with Crippen molar-refractivity contribution in [3.05, 3.63) is 204 Å². The maximum absolute atomic E-state index is 7.33. The fraction of sp³-hybridized carbons (Fsp3) is 0.0938. The number of nitrogens with zero attached hydrogens (tertiary/aromatic N) is 2. The molecule has 332 valence electrons. The molecule has 10 aromatic carbocycles. The molecule has 70 heavy (non-hydrogen) atoms. The molecule has 16 rings (SSSR count). The Bertz CT molecular complexity index is 4340. The molecule has 4 aromatic heterocycles. The number of hydrogen-bond acceptors (Lipinski definition) is 6. The normalized spacial score (nSPS) is 15.0. The lowest BCUT2D eigenvalue weighted by Crippen LogP contribution is -2.30. The molecule has 0 atom stereocenters. The number of fused-ring (bicyclic) bond motifs is 21. The fourth-order valence-electron chi connectivity index (χ4n) is 12.8. The number of benzene rings is 10. The summed E-state index contributed by atoms with van der Waals surface area (Å²) >= 11 is 0. The van der Waals surface area contributed by atoms with Crippen molar-refractivity contribution in [1.82, 2.24) is 0 Å². The van der Waals surface area contributed by atoms with Gasteiger partial charge in [0.1, 0.15) is 33.5 Å². The van der Waals surface area contributed by atoms with Crippen LogP contribution in [0.5, 0.6) is 0 Å². The van der Waals surface area contributed by atoms with E-state index in [2.05, 4.69) is 207 Å². The molecule has 0 bridgehead atoms. The first-order chi connectivity index (χ1) is 34.3. The van der Waals surface area contributed by atoms with E-state index < -0.39 is 10.8 Å². The van der Waals surface area contributed by atoms with Crippen LogP contribution < -0.4 is 9.80 Å². The lowest BCUT2D eigenvalue weighted by molar-refractivity contribution is 0.601. The summed E-state index contributed by atoms with van der Waals surface area (Å²) in [5, 5.41) is 10.8. The van der Waals surface area contributed by atoms with Crippen LogP contribution in [0, 0.1) is 0 Å².